The molecule has 0 unspecified atom stereocenters. The fourth-order valence-electron chi connectivity index (χ4n) is 1.34. The van der Waals surface area contributed by atoms with Crippen molar-refractivity contribution in [3.05, 3.63) is 30.6 Å². The van der Waals surface area contributed by atoms with Gasteiger partial charge in [0, 0.05) is 24.1 Å². The Bertz CT molecular complexity index is 403. The first-order valence-corrected chi connectivity index (χ1v) is 4.45. The minimum Gasteiger partial charge on any atom is -0.383 e. The summed E-state index contributed by atoms with van der Waals surface area (Å²) in [4.78, 5) is 0. The minimum atomic E-state index is 0.463. The molecular formula is C10H13N3. The van der Waals surface area contributed by atoms with Crippen molar-refractivity contribution in [2.45, 2.75) is 19.9 Å². The molecule has 2 heterocycles. The van der Waals surface area contributed by atoms with Crippen LogP contribution in [0.2, 0.25) is 0 Å². The molecule has 1 N–H and O–H groups in total. The average Bonchev–Trinajstić information content (AvgIpc) is 2.49. The molecule has 2 aromatic rings. The summed E-state index contributed by atoms with van der Waals surface area (Å²) in [7, 11) is 0. The van der Waals surface area contributed by atoms with Gasteiger partial charge in [-0.3, -0.25) is 0 Å². The number of pyridine rings is 1. The van der Waals surface area contributed by atoms with Gasteiger partial charge in [-0.05, 0) is 32.0 Å². The maximum atomic E-state index is 4.13. The number of nitrogens with zero attached hydrogens (tertiary/aromatic N) is 2. The lowest BCUT2D eigenvalue weighted by atomic mass is 10.3. The first kappa shape index (κ1) is 8.10. The Kier molecular flexibility index (Phi) is 1.93. The summed E-state index contributed by atoms with van der Waals surface area (Å²) in [6, 6.07) is 6.57. The van der Waals surface area contributed by atoms with Crippen LogP contribution in [0.25, 0.3) is 5.52 Å². The molecule has 2 aromatic heterocycles. The third-order valence-corrected chi connectivity index (χ3v) is 1.85. The van der Waals surface area contributed by atoms with Crippen molar-refractivity contribution in [3.8, 4) is 0 Å². The highest BCUT2D eigenvalue weighted by Crippen LogP contribution is 2.11. The van der Waals surface area contributed by atoms with Gasteiger partial charge in [0.2, 0.25) is 0 Å². The van der Waals surface area contributed by atoms with Gasteiger partial charge in [-0.15, -0.1) is 0 Å². The lowest BCUT2D eigenvalue weighted by Crippen LogP contribution is -2.09. The standard InChI is InChI=1S/C10H13N3/c1-8(2)12-9-4-6-13-10(7-9)3-5-11-13/h3-8,12H,1-2H3. The molecule has 0 saturated carbocycles. The van der Waals surface area contributed by atoms with Crippen molar-refractivity contribution in [3.63, 3.8) is 0 Å². The van der Waals surface area contributed by atoms with E-state index in [4.69, 9.17) is 0 Å². The first-order chi connectivity index (χ1) is 6.25. The van der Waals surface area contributed by atoms with E-state index in [0.717, 1.165) is 11.2 Å². The van der Waals surface area contributed by atoms with Gasteiger partial charge in [0.1, 0.15) is 0 Å². The smallest absolute Gasteiger partial charge is 0.0682 e. The molecule has 0 radical (unpaired) electrons. The van der Waals surface area contributed by atoms with E-state index in [9.17, 15) is 0 Å². The third kappa shape index (κ3) is 1.64. The summed E-state index contributed by atoms with van der Waals surface area (Å²) in [5.41, 5.74) is 2.26. The van der Waals surface area contributed by atoms with E-state index in [1.165, 1.54) is 0 Å². The Morgan fingerprint density at radius 1 is 1.38 bits per heavy atom. The summed E-state index contributed by atoms with van der Waals surface area (Å²) in [6.45, 7) is 4.25. The van der Waals surface area contributed by atoms with Gasteiger partial charge in [0.25, 0.3) is 0 Å². The Hall–Kier alpha value is -1.51. The van der Waals surface area contributed by atoms with Gasteiger partial charge in [-0.25, -0.2) is 4.52 Å². The second-order valence-corrected chi connectivity index (χ2v) is 3.42. The highest BCUT2D eigenvalue weighted by Gasteiger charge is 1.97. The predicted octanol–water partition coefficient (Wildman–Crippen LogP) is 2.15. The highest BCUT2D eigenvalue weighted by molar-refractivity contribution is 5.57. The zero-order valence-corrected chi connectivity index (χ0v) is 7.86. The van der Waals surface area contributed by atoms with E-state index in [2.05, 4.69) is 30.3 Å². The summed E-state index contributed by atoms with van der Waals surface area (Å²) >= 11 is 0. The van der Waals surface area contributed by atoms with E-state index in [1.54, 1.807) is 6.20 Å². The molecule has 13 heavy (non-hydrogen) atoms. The van der Waals surface area contributed by atoms with E-state index in [1.807, 2.05) is 22.8 Å². The molecule has 0 spiro atoms. The van der Waals surface area contributed by atoms with Crippen LogP contribution in [0.4, 0.5) is 5.69 Å². The lowest BCUT2D eigenvalue weighted by molar-refractivity contribution is 0.895. The molecule has 0 atom stereocenters. The zero-order chi connectivity index (χ0) is 9.26. The Balaban J connectivity index is 2.37. The van der Waals surface area contributed by atoms with Crippen molar-refractivity contribution < 1.29 is 0 Å². The topological polar surface area (TPSA) is 29.3 Å². The van der Waals surface area contributed by atoms with Crippen molar-refractivity contribution in [2.75, 3.05) is 5.32 Å². The summed E-state index contributed by atoms with van der Waals surface area (Å²) in [6.07, 6.45) is 3.76. The molecule has 0 bridgehead atoms. The average molecular weight is 175 g/mol. The van der Waals surface area contributed by atoms with Crippen LogP contribution in [-0.4, -0.2) is 15.7 Å². The van der Waals surface area contributed by atoms with Crippen molar-refractivity contribution in [2.24, 2.45) is 0 Å². The van der Waals surface area contributed by atoms with Gasteiger partial charge < -0.3 is 5.32 Å². The molecule has 3 nitrogen and oxygen atoms in total. The number of hydrogen-bond acceptors (Lipinski definition) is 2. The Morgan fingerprint density at radius 3 is 3.00 bits per heavy atom. The van der Waals surface area contributed by atoms with Crippen LogP contribution >= 0.6 is 0 Å². The monoisotopic (exact) mass is 175 g/mol. The quantitative estimate of drug-likeness (QED) is 0.757. The van der Waals surface area contributed by atoms with Gasteiger partial charge in [0.05, 0.1) is 5.52 Å². The van der Waals surface area contributed by atoms with Crippen LogP contribution in [0.3, 0.4) is 0 Å². The number of rotatable bonds is 2. The van der Waals surface area contributed by atoms with Crippen LogP contribution in [0, 0.1) is 0 Å². The van der Waals surface area contributed by atoms with Crippen LogP contribution in [0.1, 0.15) is 13.8 Å². The number of nitrogens with one attached hydrogen (secondary N) is 1. The van der Waals surface area contributed by atoms with Gasteiger partial charge in [-0.1, -0.05) is 0 Å². The number of hydrogen-bond donors (Lipinski definition) is 1. The van der Waals surface area contributed by atoms with Crippen molar-refractivity contribution in [1.29, 1.82) is 0 Å². The van der Waals surface area contributed by atoms with Gasteiger partial charge in [-0.2, -0.15) is 5.10 Å². The van der Waals surface area contributed by atoms with Crippen LogP contribution in [-0.2, 0) is 0 Å². The largest absolute Gasteiger partial charge is 0.383 e. The number of fused-ring (bicyclic) bond motifs is 1. The second kappa shape index (κ2) is 3.09. The normalized spacial score (nSPS) is 11.0. The summed E-state index contributed by atoms with van der Waals surface area (Å²) in [5.74, 6) is 0. The molecule has 0 aromatic carbocycles. The molecule has 0 aliphatic rings. The molecule has 0 aliphatic carbocycles. The van der Waals surface area contributed by atoms with Crippen LogP contribution < -0.4 is 5.32 Å². The van der Waals surface area contributed by atoms with E-state index < -0.39 is 0 Å². The number of aromatic nitrogens is 2. The second-order valence-electron chi connectivity index (χ2n) is 3.42. The van der Waals surface area contributed by atoms with Crippen LogP contribution in [0.15, 0.2) is 30.6 Å². The molecule has 0 aliphatic heterocycles. The molecule has 3 heteroatoms. The predicted molar refractivity (Wildman–Crippen MR) is 54.0 cm³/mol. The molecule has 0 saturated heterocycles. The maximum Gasteiger partial charge on any atom is 0.0682 e. The summed E-state index contributed by atoms with van der Waals surface area (Å²) in [5, 5.41) is 7.47. The van der Waals surface area contributed by atoms with Crippen molar-refractivity contribution in [1.82, 2.24) is 9.61 Å². The first-order valence-electron chi connectivity index (χ1n) is 4.45. The molecule has 0 amide bonds. The van der Waals surface area contributed by atoms with E-state index >= 15 is 0 Å². The Morgan fingerprint density at radius 2 is 2.23 bits per heavy atom. The van der Waals surface area contributed by atoms with E-state index in [0.29, 0.717) is 6.04 Å². The zero-order valence-electron chi connectivity index (χ0n) is 7.86. The van der Waals surface area contributed by atoms with Gasteiger partial charge in [0.15, 0.2) is 0 Å². The van der Waals surface area contributed by atoms with Crippen LogP contribution in [0.5, 0.6) is 0 Å². The highest BCUT2D eigenvalue weighted by atomic mass is 15.2. The number of anilines is 1. The van der Waals surface area contributed by atoms with Crippen molar-refractivity contribution >= 4 is 11.2 Å². The fourth-order valence-corrected chi connectivity index (χ4v) is 1.34. The SMILES string of the molecule is CC(C)Nc1ccn2nccc2c1. The molecule has 2 rings (SSSR count). The summed E-state index contributed by atoms with van der Waals surface area (Å²) < 4.78 is 1.85. The minimum absolute atomic E-state index is 0.463. The maximum absolute atomic E-state index is 4.13. The molecule has 0 fully saturated rings. The lowest BCUT2D eigenvalue weighted by Gasteiger charge is -2.09. The Labute approximate surface area is 77.4 Å². The molecular weight excluding hydrogens is 162 g/mol. The van der Waals surface area contributed by atoms with Gasteiger partial charge >= 0.3 is 0 Å². The molecule has 68 valence electrons. The third-order valence-electron chi connectivity index (χ3n) is 1.85. The fraction of sp³-hybridized carbons (Fsp3) is 0.300. The van der Waals surface area contributed by atoms with E-state index in [-0.39, 0.29) is 0 Å².